The van der Waals surface area contributed by atoms with Gasteiger partial charge in [0.2, 0.25) is 0 Å². The van der Waals surface area contributed by atoms with Crippen LogP contribution in [0.25, 0.3) is 0 Å². The van der Waals surface area contributed by atoms with Crippen molar-refractivity contribution in [1.29, 1.82) is 0 Å². The lowest BCUT2D eigenvalue weighted by molar-refractivity contribution is 0.0555. The van der Waals surface area contributed by atoms with Gasteiger partial charge in [0, 0.05) is 11.3 Å². The van der Waals surface area contributed by atoms with Crippen LogP contribution >= 0.6 is 11.6 Å². The van der Waals surface area contributed by atoms with E-state index in [1.807, 2.05) is 0 Å². The summed E-state index contributed by atoms with van der Waals surface area (Å²) in [7, 11) is 0. The van der Waals surface area contributed by atoms with Gasteiger partial charge in [-0.1, -0.05) is 0 Å². The highest BCUT2D eigenvalue weighted by molar-refractivity contribution is 6.18. The summed E-state index contributed by atoms with van der Waals surface area (Å²) in [5.74, 6) is 1.44. The van der Waals surface area contributed by atoms with Crippen LogP contribution in [0.15, 0.2) is 0 Å². The van der Waals surface area contributed by atoms with Crippen molar-refractivity contribution in [2.45, 2.75) is 31.8 Å². The molecule has 2 aliphatic carbocycles. The number of alkyl halides is 1. The van der Waals surface area contributed by atoms with E-state index in [2.05, 4.69) is 0 Å². The number of hydrogen-bond acceptors (Lipinski definition) is 1. The molecule has 0 spiro atoms. The first-order valence-electron chi connectivity index (χ1n) is 4.01. The summed E-state index contributed by atoms with van der Waals surface area (Å²) in [5, 5.41) is 9.59. The van der Waals surface area contributed by atoms with Crippen LogP contribution in [-0.2, 0) is 0 Å². The van der Waals surface area contributed by atoms with E-state index < -0.39 is 0 Å². The van der Waals surface area contributed by atoms with Crippen LogP contribution in [0, 0.1) is 11.3 Å². The molecular formula is C8H13ClO. The molecule has 0 saturated heterocycles. The first kappa shape index (κ1) is 6.93. The molecule has 2 bridgehead atoms. The molecule has 2 saturated carbocycles. The molecule has 1 nitrogen and oxygen atoms in total. The van der Waals surface area contributed by atoms with E-state index in [0.717, 1.165) is 18.8 Å². The van der Waals surface area contributed by atoms with Crippen molar-refractivity contribution >= 4 is 11.6 Å². The lowest BCUT2D eigenvalue weighted by Crippen LogP contribution is -2.31. The topological polar surface area (TPSA) is 20.2 Å². The predicted octanol–water partition coefficient (Wildman–Crippen LogP) is 1.78. The van der Waals surface area contributed by atoms with Crippen molar-refractivity contribution in [2.75, 3.05) is 5.88 Å². The lowest BCUT2D eigenvalue weighted by atomic mass is 9.84. The number of fused-ring (bicyclic) bond motifs is 2. The Balaban J connectivity index is 2.19. The first-order chi connectivity index (χ1) is 4.77. The van der Waals surface area contributed by atoms with Gasteiger partial charge in [0.25, 0.3) is 0 Å². The van der Waals surface area contributed by atoms with E-state index in [0.29, 0.717) is 5.88 Å². The molecule has 2 heteroatoms. The molecule has 2 rings (SSSR count). The summed E-state index contributed by atoms with van der Waals surface area (Å²) < 4.78 is 0. The van der Waals surface area contributed by atoms with Gasteiger partial charge < -0.3 is 5.11 Å². The summed E-state index contributed by atoms with van der Waals surface area (Å²) in [6.45, 7) is 0. The van der Waals surface area contributed by atoms with Crippen molar-refractivity contribution < 1.29 is 5.11 Å². The van der Waals surface area contributed by atoms with Gasteiger partial charge in [0.1, 0.15) is 0 Å². The van der Waals surface area contributed by atoms with Gasteiger partial charge in [-0.2, -0.15) is 0 Å². The largest absolute Gasteiger partial charge is 0.392 e. The normalized spacial score (nSPS) is 52.2. The molecule has 0 amide bonds. The molecule has 3 unspecified atom stereocenters. The van der Waals surface area contributed by atoms with E-state index in [9.17, 15) is 5.11 Å². The second kappa shape index (κ2) is 2.12. The van der Waals surface area contributed by atoms with Crippen molar-refractivity contribution in [3.63, 3.8) is 0 Å². The van der Waals surface area contributed by atoms with Gasteiger partial charge in [0.05, 0.1) is 6.10 Å². The van der Waals surface area contributed by atoms with Crippen LogP contribution in [0.2, 0.25) is 0 Å². The monoisotopic (exact) mass is 160 g/mol. The molecule has 2 fully saturated rings. The molecule has 0 aromatic rings. The van der Waals surface area contributed by atoms with E-state index in [-0.39, 0.29) is 11.5 Å². The van der Waals surface area contributed by atoms with E-state index in [1.165, 1.54) is 12.8 Å². The van der Waals surface area contributed by atoms with Gasteiger partial charge in [-0.05, 0) is 31.6 Å². The van der Waals surface area contributed by atoms with Crippen molar-refractivity contribution in [1.82, 2.24) is 0 Å². The van der Waals surface area contributed by atoms with Crippen molar-refractivity contribution in [3.05, 3.63) is 0 Å². The highest BCUT2D eigenvalue weighted by atomic mass is 35.5. The zero-order valence-electron chi connectivity index (χ0n) is 6.02. The average molecular weight is 161 g/mol. The minimum atomic E-state index is -0.0938. The van der Waals surface area contributed by atoms with Crippen LogP contribution in [-0.4, -0.2) is 17.1 Å². The second-order valence-corrected chi connectivity index (χ2v) is 4.12. The van der Waals surface area contributed by atoms with Gasteiger partial charge in [0.15, 0.2) is 0 Å². The standard InChI is InChI=1S/C8H13ClO/c9-5-8-2-1-6(4-8)3-7(8)10/h6-7,10H,1-5H2. The number of aliphatic hydroxyl groups is 1. The Hall–Kier alpha value is 0.250. The van der Waals surface area contributed by atoms with Gasteiger partial charge in [-0.25, -0.2) is 0 Å². The number of aliphatic hydroxyl groups excluding tert-OH is 1. The van der Waals surface area contributed by atoms with E-state index in [1.54, 1.807) is 0 Å². The van der Waals surface area contributed by atoms with Gasteiger partial charge >= 0.3 is 0 Å². The van der Waals surface area contributed by atoms with Crippen LogP contribution < -0.4 is 0 Å². The minimum absolute atomic E-state index is 0.0938. The minimum Gasteiger partial charge on any atom is -0.392 e. The summed E-state index contributed by atoms with van der Waals surface area (Å²) in [6, 6.07) is 0. The van der Waals surface area contributed by atoms with Crippen molar-refractivity contribution in [2.24, 2.45) is 11.3 Å². The zero-order valence-corrected chi connectivity index (χ0v) is 6.77. The summed E-state index contributed by atoms with van der Waals surface area (Å²) in [4.78, 5) is 0. The highest BCUT2D eigenvalue weighted by Crippen LogP contribution is 2.54. The highest BCUT2D eigenvalue weighted by Gasteiger charge is 2.50. The maximum Gasteiger partial charge on any atom is 0.0610 e. The molecule has 0 radical (unpaired) electrons. The van der Waals surface area contributed by atoms with Crippen LogP contribution in [0.4, 0.5) is 0 Å². The molecule has 1 N–H and O–H groups in total. The summed E-state index contributed by atoms with van der Waals surface area (Å²) >= 11 is 5.83. The Bertz CT molecular complexity index is 148. The van der Waals surface area contributed by atoms with Gasteiger partial charge in [-0.15, -0.1) is 11.6 Å². The van der Waals surface area contributed by atoms with E-state index in [4.69, 9.17) is 11.6 Å². The third-order valence-electron chi connectivity index (χ3n) is 3.28. The Kier molecular flexibility index (Phi) is 1.47. The fourth-order valence-corrected chi connectivity index (χ4v) is 2.97. The number of halogens is 1. The molecule has 0 aliphatic heterocycles. The maximum atomic E-state index is 9.59. The molecule has 0 aromatic carbocycles. The maximum absolute atomic E-state index is 9.59. The molecule has 2 aliphatic rings. The third kappa shape index (κ3) is 0.737. The fourth-order valence-electron chi connectivity index (χ4n) is 2.55. The predicted molar refractivity (Wildman–Crippen MR) is 41.1 cm³/mol. The quantitative estimate of drug-likeness (QED) is 0.580. The average Bonchev–Trinajstić information content (AvgIpc) is 2.44. The lowest BCUT2D eigenvalue weighted by Gasteiger charge is -2.28. The van der Waals surface area contributed by atoms with Crippen LogP contribution in [0.5, 0.6) is 0 Å². The summed E-state index contributed by atoms with van der Waals surface area (Å²) in [5.41, 5.74) is 0.131. The third-order valence-corrected chi connectivity index (χ3v) is 3.81. The van der Waals surface area contributed by atoms with Crippen LogP contribution in [0.3, 0.4) is 0 Å². The van der Waals surface area contributed by atoms with E-state index >= 15 is 0 Å². The molecule has 58 valence electrons. The second-order valence-electron chi connectivity index (χ2n) is 3.86. The SMILES string of the molecule is OC1CC2CCC1(CCl)C2. The van der Waals surface area contributed by atoms with Crippen LogP contribution in [0.1, 0.15) is 25.7 Å². The Morgan fingerprint density at radius 1 is 1.60 bits per heavy atom. The smallest absolute Gasteiger partial charge is 0.0610 e. The molecule has 0 heterocycles. The Morgan fingerprint density at radius 2 is 2.40 bits per heavy atom. The number of rotatable bonds is 1. The Labute approximate surface area is 66.4 Å². The van der Waals surface area contributed by atoms with Crippen molar-refractivity contribution in [3.8, 4) is 0 Å². The number of hydrogen-bond donors (Lipinski definition) is 1. The Morgan fingerprint density at radius 3 is 2.70 bits per heavy atom. The molecule has 3 atom stereocenters. The first-order valence-corrected chi connectivity index (χ1v) is 4.54. The molecular weight excluding hydrogens is 148 g/mol. The van der Waals surface area contributed by atoms with Gasteiger partial charge in [-0.3, -0.25) is 0 Å². The molecule has 0 aromatic heterocycles. The molecule has 10 heavy (non-hydrogen) atoms. The summed E-state index contributed by atoms with van der Waals surface area (Å²) in [6.07, 6.45) is 4.54. The zero-order chi connectivity index (χ0) is 7.19. The fraction of sp³-hybridized carbons (Fsp3) is 1.00.